The van der Waals surface area contributed by atoms with Gasteiger partial charge < -0.3 is 10.2 Å². The molecule has 132 valence electrons. The smallest absolute Gasteiger partial charge is 0.337 e. The van der Waals surface area contributed by atoms with Crippen LogP contribution in [-0.4, -0.2) is 38.2 Å². The summed E-state index contributed by atoms with van der Waals surface area (Å²) < 4.78 is 0. The Hall–Kier alpha value is -2.24. The minimum absolute atomic E-state index is 0.0256. The molecule has 1 aromatic heterocycles. The molecule has 0 bridgehead atoms. The highest BCUT2D eigenvalue weighted by atomic mass is 16.4. The molecule has 0 radical (unpaired) electrons. The third-order valence-electron chi connectivity index (χ3n) is 4.86. The van der Waals surface area contributed by atoms with Crippen LogP contribution in [0.5, 0.6) is 0 Å². The summed E-state index contributed by atoms with van der Waals surface area (Å²) in [5, 5.41) is 19.9. The second kappa shape index (κ2) is 8.23. The van der Waals surface area contributed by atoms with Crippen molar-refractivity contribution in [2.24, 2.45) is 0 Å². The van der Waals surface area contributed by atoms with Gasteiger partial charge in [0.1, 0.15) is 0 Å². The summed E-state index contributed by atoms with van der Waals surface area (Å²) in [6, 6.07) is 13.3. The van der Waals surface area contributed by atoms with E-state index in [9.17, 15) is 15.0 Å². The van der Waals surface area contributed by atoms with E-state index < -0.39 is 5.97 Å². The average Bonchev–Trinajstić information content (AvgIpc) is 2.63. The van der Waals surface area contributed by atoms with Crippen molar-refractivity contribution < 1.29 is 15.0 Å². The molecule has 1 aliphatic rings. The minimum Gasteiger partial charge on any atom is -0.478 e. The van der Waals surface area contributed by atoms with E-state index in [1.54, 1.807) is 18.3 Å². The van der Waals surface area contributed by atoms with E-state index in [4.69, 9.17) is 0 Å². The van der Waals surface area contributed by atoms with Crippen LogP contribution >= 0.6 is 0 Å². The summed E-state index contributed by atoms with van der Waals surface area (Å²) in [6.45, 7) is 1.08. The number of carboxylic acid groups (broad SMARTS) is 1. The predicted octanol–water partition coefficient (Wildman–Crippen LogP) is 3.09. The lowest BCUT2D eigenvalue weighted by Gasteiger charge is -2.37. The first-order chi connectivity index (χ1) is 12.1. The van der Waals surface area contributed by atoms with E-state index in [2.05, 4.69) is 22.0 Å². The van der Waals surface area contributed by atoms with Gasteiger partial charge in [0.25, 0.3) is 0 Å². The Labute approximate surface area is 147 Å². The lowest BCUT2D eigenvalue weighted by Crippen LogP contribution is -2.45. The Morgan fingerprint density at radius 3 is 2.56 bits per heavy atom. The van der Waals surface area contributed by atoms with Crippen LogP contribution in [0.25, 0.3) is 0 Å². The van der Waals surface area contributed by atoms with E-state index in [1.807, 2.05) is 18.2 Å². The van der Waals surface area contributed by atoms with Crippen LogP contribution in [0.2, 0.25) is 0 Å². The zero-order valence-corrected chi connectivity index (χ0v) is 14.2. The molecule has 5 nitrogen and oxygen atoms in total. The number of hydrogen-bond donors (Lipinski definition) is 2. The van der Waals surface area contributed by atoms with Gasteiger partial charge in [-0.25, -0.2) is 4.79 Å². The van der Waals surface area contributed by atoms with E-state index in [0.29, 0.717) is 18.8 Å². The van der Waals surface area contributed by atoms with Crippen LogP contribution < -0.4 is 0 Å². The van der Waals surface area contributed by atoms with Crippen LogP contribution in [0.1, 0.15) is 47.3 Å². The topological polar surface area (TPSA) is 73.7 Å². The molecule has 1 fully saturated rings. The first-order valence-corrected chi connectivity index (χ1v) is 8.78. The molecule has 25 heavy (non-hydrogen) atoms. The molecule has 0 aliphatic heterocycles. The van der Waals surface area contributed by atoms with Crippen LogP contribution in [0.4, 0.5) is 0 Å². The van der Waals surface area contributed by atoms with Gasteiger partial charge in [0, 0.05) is 25.3 Å². The van der Waals surface area contributed by atoms with Crippen molar-refractivity contribution in [3.63, 3.8) is 0 Å². The molecule has 3 rings (SSSR count). The van der Waals surface area contributed by atoms with Crippen molar-refractivity contribution in [1.29, 1.82) is 0 Å². The highest BCUT2D eigenvalue weighted by Crippen LogP contribution is 2.26. The normalized spacial score (nSPS) is 20.6. The predicted molar refractivity (Wildman–Crippen MR) is 95.1 cm³/mol. The largest absolute Gasteiger partial charge is 0.478 e. The Balaban J connectivity index is 1.87. The number of carbonyl (C=O) groups is 1. The summed E-state index contributed by atoms with van der Waals surface area (Å²) in [5.74, 6) is -0.966. The molecule has 0 amide bonds. The SMILES string of the molecule is O=C(O)c1cccnc1CN(Cc1ccccc1)[C@H]1CCCC[C@@H]1O. The summed E-state index contributed by atoms with van der Waals surface area (Å²) in [5.41, 5.74) is 1.92. The standard InChI is InChI=1S/C20H24N2O3/c23-19-11-5-4-10-18(19)22(13-15-7-2-1-3-8-15)14-17-16(20(24)25)9-6-12-21-17/h1-3,6-9,12,18-19,23H,4-5,10-11,13-14H2,(H,24,25)/t18-,19-/m0/s1. The highest BCUT2D eigenvalue weighted by Gasteiger charge is 2.30. The lowest BCUT2D eigenvalue weighted by atomic mass is 9.90. The number of aromatic nitrogens is 1. The maximum Gasteiger partial charge on any atom is 0.337 e. The molecule has 0 saturated heterocycles. The molecule has 5 heteroatoms. The van der Waals surface area contributed by atoms with E-state index in [1.165, 1.54) is 0 Å². The third kappa shape index (κ3) is 4.44. The molecule has 1 aromatic carbocycles. The van der Waals surface area contributed by atoms with Crippen LogP contribution in [0.15, 0.2) is 48.7 Å². The fourth-order valence-corrected chi connectivity index (χ4v) is 3.58. The van der Waals surface area contributed by atoms with Crippen molar-refractivity contribution in [2.75, 3.05) is 0 Å². The first kappa shape index (κ1) is 17.6. The fourth-order valence-electron chi connectivity index (χ4n) is 3.58. The van der Waals surface area contributed by atoms with Crippen molar-refractivity contribution in [3.8, 4) is 0 Å². The van der Waals surface area contributed by atoms with Crippen molar-refractivity contribution in [1.82, 2.24) is 9.88 Å². The Bertz CT molecular complexity index is 705. The number of pyridine rings is 1. The maximum atomic E-state index is 11.5. The number of carboxylic acids is 1. The van der Waals surface area contributed by atoms with Crippen molar-refractivity contribution in [3.05, 3.63) is 65.5 Å². The monoisotopic (exact) mass is 340 g/mol. The van der Waals surface area contributed by atoms with Crippen molar-refractivity contribution >= 4 is 5.97 Å². The Morgan fingerprint density at radius 1 is 1.08 bits per heavy atom. The van der Waals surface area contributed by atoms with Crippen LogP contribution in [0.3, 0.4) is 0 Å². The molecule has 1 heterocycles. The van der Waals surface area contributed by atoms with E-state index >= 15 is 0 Å². The molecular formula is C20H24N2O3. The van der Waals surface area contributed by atoms with Gasteiger partial charge in [0.2, 0.25) is 0 Å². The molecule has 2 atom stereocenters. The summed E-state index contributed by atoms with van der Waals surface area (Å²) >= 11 is 0. The van der Waals surface area contributed by atoms with Gasteiger partial charge in [-0.05, 0) is 30.5 Å². The lowest BCUT2D eigenvalue weighted by molar-refractivity contribution is 0.0107. The van der Waals surface area contributed by atoms with Gasteiger partial charge in [-0.15, -0.1) is 0 Å². The second-order valence-corrected chi connectivity index (χ2v) is 6.61. The number of aromatic carboxylic acids is 1. The third-order valence-corrected chi connectivity index (χ3v) is 4.86. The van der Waals surface area contributed by atoms with Gasteiger partial charge in [0.05, 0.1) is 17.4 Å². The number of benzene rings is 1. The Morgan fingerprint density at radius 2 is 1.84 bits per heavy atom. The van der Waals surface area contributed by atoms with Gasteiger partial charge in [-0.2, -0.15) is 0 Å². The molecular weight excluding hydrogens is 316 g/mol. The van der Waals surface area contributed by atoms with E-state index in [-0.39, 0.29) is 17.7 Å². The number of nitrogens with zero attached hydrogens (tertiary/aromatic N) is 2. The molecule has 1 aliphatic carbocycles. The molecule has 2 aromatic rings. The van der Waals surface area contributed by atoms with Gasteiger partial charge in [-0.3, -0.25) is 9.88 Å². The quantitative estimate of drug-likeness (QED) is 0.845. The summed E-state index contributed by atoms with van der Waals surface area (Å²) in [4.78, 5) is 18.0. The van der Waals surface area contributed by atoms with Gasteiger partial charge >= 0.3 is 5.97 Å². The van der Waals surface area contributed by atoms with Crippen LogP contribution in [0, 0.1) is 0 Å². The molecule has 1 saturated carbocycles. The zero-order valence-electron chi connectivity index (χ0n) is 14.2. The average molecular weight is 340 g/mol. The summed E-state index contributed by atoms with van der Waals surface area (Å²) in [7, 11) is 0. The van der Waals surface area contributed by atoms with Gasteiger partial charge in [0.15, 0.2) is 0 Å². The molecule has 2 N–H and O–H groups in total. The number of aliphatic hydroxyl groups is 1. The number of aliphatic hydroxyl groups excluding tert-OH is 1. The highest BCUT2D eigenvalue weighted by molar-refractivity contribution is 5.88. The Kier molecular flexibility index (Phi) is 5.79. The maximum absolute atomic E-state index is 11.5. The van der Waals surface area contributed by atoms with Crippen LogP contribution in [-0.2, 0) is 13.1 Å². The molecule has 0 unspecified atom stereocenters. The number of rotatable bonds is 6. The molecule has 0 spiro atoms. The van der Waals surface area contributed by atoms with Gasteiger partial charge in [-0.1, -0.05) is 43.2 Å². The number of hydrogen-bond acceptors (Lipinski definition) is 4. The van der Waals surface area contributed by atoms with E-state index in [0.717, 1.165) is 31.2 Å². The fraction of sp³-hybridized carbons (Fsp3) is 0.400. The second-order valence-electron chi connectivity index (χ2n) is 6.61. The minimum atomic E-state index is -0.966. The van der Waals surface area contributed by atoms with Crippen molar-refractivity contribution in [2.45, 2.75) is 50.9 Å². The first-order valence-electron chi connectivity index (χ1n) is 8.78. The summed E-state index contributed by atoms with van der Waals surface area (Å²) in [6.07, 6.45) is 5.09. The zero-order chi connectivity index (χ0) is 17.6.